The van der Waals surface area contributed by atoms with Gasteiger partial charge < -0.3 is 10.2 Å². The van der Waals surface area contributed by atoms with E-state index in [2.05, 4.69) is 55.4 Å². The van der Waals surface area contributed by atoms with E-state index in [1.165, 1.54) is 0 Å². The highest BCUT2D eigenvalue weighted by Crippen LogP contribution is 2.31. The first kappa shape index (κ1) is 19.8. The van der Waals surface area contributed by atoms with Gasteiger partial charge in [0, 0.05) is 54.0 Å². The number of nitrogens with one attached hydrogen (secondary N) is 1. The van der Waals surface area contributed by atoms with Crippen LogP contribution >= 0.6 is 11.3 Å². The van der Waals surface area contributed by atoms with Gasteiger partial charge in [0.05, 0.1) is 11.9 Å². The number of pyridine rings is 1. The Hall–Kier alpha value is -3.10. The Morgan fingerprint density at radius 3 is 2.81 bits per heavy atom. The van der Waals surface area contributed by atoms with Gasteiger partial charge in [-0.25, -0.2) is 9.97 Å². The van der Waals surface area contributed by atoms with Crippen molar-refractivity contribution < 1.29 is 4.79 Å². The molecule has 1 N–H and O–H groups in total. The molecule has 1 aliphatic rings. The molecule has 0 aliphatic carbocycles. The molecule has 0 bridgehead atoms. The van der Waals surface area contributed by atoms with Crippen LogP contribution in [-0.2, 0) is 4.79 Å². The number of fused-ring (bicyclic) bond motifs is 2. The van der Waals surface area contributed by atoms with Crippen molar-refractivity contribution in [3.8, 4) is 0 Å². The summed E-state index contributed by atoms with van der Waals surface area (Å²) >= 11 is 1.63. The van der Waals surface area contributed by atoms with Crippen molar-refractivity contribution in [2.45, 2.75) is 25.9 Å². The molecule has 2 unspecified atom stereocenters. The third kappa shape index (κ3) is 3.84. The second kappa shape index (κ2) is 8.20. The van der Waals surface area contributed by atoms with E-state index in [0.29, 0.717) is 6.54 Å². The lowest BCUT2D eigenvalue weighted by atomic mass is 10.1. The van der Waals surface area contributed by atoms with Crippen molar-refractivity contribution in [1.29, 1.82) is 0 Å². The Morgan fingerprint density at radius 1 is 1.13 bits per heavy atom. The quantitative estimate of drug-likeness (QED) is 0.529. The zero-order valence-corrected chi connectivity index (χ0v) is 18.3. The molecule has 7 nitrogen and oxygen atoms in total. The smallest absolute Gasteiger partial charge is 0.238 e. The van der Waals surface area contributed by atoms with Crippen LogP contribution in [0.15, 0.2) is 54.4 Å². The highest BCUT2D eigenvalue weighted by molar-refractivity contribution is 7.16. The predicted octanol–water partition coefficient (Wildman–Crippen LogP) is 3.78. The number of amides is 1. The van der Waals surface area contributed by atoms with E-state index in [1.54, 1.807) is 23.9 Å². The van der Waals surface area contributed by atoms with Gasteiger partial charge in [0.2, 0.25) is 5.91 Å². The Labute approximate surface area is 184 Å². The molecule has 3 aromatic heterocycles. The first-order valence-corrected chi connectivity index (χ1v) is 11.3. The van der Waals surface area contributed by atoms with E-state index in [9.17, 15) is 4.79 Å². The summed E-state index contributed by atoms with van der Waals surface area (Å²) in [5, 5.41) is 8.26. The van der Waals surface area contributed by atoms with Crippen LogP contribution in [0.5, 0.6) is 0 Å². The summed E-state index contributed by atoms with van der Waals surface area (Å²) in [6.45, 7) is 6.35. The van der Waals surface area contributed by atoms with E-state index < -0.39 is 0 Å². The van der Waals surface area contributed by atoms with Crippen molar-refractivity contribution in [1.82, 2.24) is 19.9 Å². The van der Waals surface area contributed by atoms with Crippen molar-refractivity contribution >= 4 is 49.7 Å². The van der Waals surface area contributed by atoms with Crippen LogP contribution in [0, 0.1) is 0 Å². The normalized spacial score (nSPS) is 19.7. The molecule has 5 rings (SSSR count). The number of nitrogens with zero attached hydrogens (tertiary/aromatic N) is 5. The number of benzene rings is 1. The summed E-state index contributed by atoms with van der Waals surface area (Å²) in [7, 11) is 0. The molecular weight excluding hydrogens is 408 g/mol. The molecule has 1 fully saturated rings. The van der Waals surface area contributed by atoms with Gasteiger partial charge in [0.25, 0.3) is 0 Å². The summed E-state index contributed by atoms with van der Waals surface area (Å²) in [6, 6.07) is 10.4. The minimum atomic E-state index is -0.000534. The van der Waals surface area contributed by atoms with E-state index in [4.69, 9.17) is 0 Å². The van der Waals surface area contributed by atoms with Crippen LogP contribution in [0.3, 0.4) is 0 Å². The Balaban J connectivity index is 1.29. The number of carbonyl (C=O) groups excluding carboxylic acids is 1. The highest BCUT2D eigenvalue weighted by atomic mass is 32.1. The largest absolute Gasteiger partial charge is 0.348 e. The number of hydrogen-bond acceptors (Lipinski definition) is 7. The molecule has 0 spiro atoms. The van der Waals surface area contributed by atoms with E-state index >= 15 is 0 Å². The summed E-state index contributed by atoms with van der Waals surface area (Å²) in [5.41, 5.74) is 0.825. The SMILES string of the molecule is CC1CN(CC(=O)Nc2cccc3cnccc23)CC(C)N1c1ncnc2sccc12. The fraction of sp³-hybridized carbons (Fsp3) is 0.304. The molecule has 2 atom stereocenters. The lowest BCUT2D eigenvalue weighted by Gasteiger charge is -2.45. The molecular formula is C23H24N6OS. The van der Waals surface area contributed by atoms with Gasteiger partial charge in [-0.15, -0.1) is 11.3 Å². The van der Waals surface area contributed by atoms with Crippen LogP contribution in [0.4, 0.5) is 11.5 Å². The number of thiophene rings is 1. The van der Waals surface area contributed by atoms with Crippen molar-refractivity contribution in [2.75, 3.05) is 29.9 Å². The van der Waals surface area contributed by atoms with Gasteiger partial charge in [0.1, 0.15) is 17.0 Å². The van der Waals surface area contributed by atoms with Gasteiger partial charge in [-0.2, -0.15) is 0 Å². The minimum absolute atomic E-state index is 0.000534. The predicted molar refractivity (Wildman–Crippen MR) is 126 cm³/mol. The number of anilines is 2. The number of aromatic nitrogens is 3. The second-order valence-corrected chi connectivity index (χ2v) is 8.98. The summed E-state index contributed by atoms with van der Waals surface area (Å²) in [5.74, 6) is 0.985. The fourth-order valence-corrected chi connectivity index (χ4v) is 5.31. The Kier molecular flexibility index (Phi) is 5.25. The number of carbonyl (C=O) groups is 1. The third-order valence-electron chi connectivity index (χ3n) is 5.80. The molecule has 31 heavy (non-hydrogen) atoms. The zero-order valence-electron chi connectivity index (χ0n) is 17.5. The molecule has 1 amide bonds. The van der Waals surface area contributed by atoms with Gasteiger partial charge in [0.15, 0.2) is 0 Å². The standard InChI is InChI=1S/C23H24N6OS/c1-15-11-28(12-16(2)29(15)22-19-7-9-31-23(19)26-14-25-22)13-21(30)27-20-5-3-4-17-10-24-8-6-18(17)20/h3-10,14-16H,11-13H2,1-2H3,(H,27,30). The molecule has 4 aromatic rings. The van der Waals surface area contributed by atoms with Crippen LogP contribution in [-0.4, -0.2) is 57.5 Å². The molecule has 4 heterocycles. The van der Waals surface area contributed by atoms with E-state index in [-0.39, 0.29) is 18.0 Å². The lowest BCUT2D eigenvalue weighted by Crippen LogP contribution is -2.58. The van der Waals surface area contributed by atoms with E-state index in [0.717, 1.165) is 45.6 Å². The molecule has 0 saturated carbocycles. The number of piperazine rings is 1. The third-order valence-corrected chi connectivity index (χ3v) is 6.62. The first-order chi connectivity index (χ1) is 15.1. The maximum absolute atomic E-state index is 12.8. The van der Waals surface area contributed by atoms with Crippen molar-refractivity contribution in [3.63, 3.8) is 0 Å². The Bertz CT molecular complexity index is 1220. The van der Waals surface area contributed by atoms with Crippen LogP contribution < -0.4 is 10.2 Å². The molecule has 158 valence electrons. The fourth-order valence-electron chi connectivity index (χ4n) is 4.59. The monoisotopic (exact) mass is 432 g/mol. The van der Waals surface area contributed by atoms with Gasteiger partial charge in [-0.05, 0) is 37.4 Å². The molecule has 1 aromatic carbocycles. The molecule has 1 saturated heterocycles. The summed E-state index contributed by atoms with van der Waals surface area (Å²) < 4.78 is 0. The summed E-state index contributed by atoms with van der Waals surface area (Å²) in [6.07, 6.45) is 5.20. The average Bonchev–Trinajstić information content (AvgIpc) is 3.23. The Morgan fingerprint density at radius 2 is 1.97 bits per heavy atom. The first-order valence-electron chi connectivity index (χ1n) is 10.4. The topological polar surface area (TPSA) is 74.2 Å². The van der Waals surface area contributed by atoms with Gasteiger partial charge in [-0.3, -0.25) is 14.7 Å². The zero-order chi connectivity index (χ0) is 21.4. The lowest BCUT2D eigenvalue weighted by molar-refractivity contribution is -0.117. The van der Waals surface area contributed by atoms with Gasteiger partial charge >= 0.3 is 0 Å². The van der Waals surface area contributed by atoms with Crippen molar-refractivity contribution in [3.05, 3.63) is 54.4 Å². The molecule has 0 radical (unpaired) electrons. The van der Waals surface area contributed by atoms with E-state index in [1.807, 2.05) is 30.5 Å². The highest BCUT2D eigenvalue weighted by Gasteiger charge is 2.32. The second-order valence-electron chi connectivity index (χ2n) is 8.09. The maximum atomic E-state index is 12.8. The molecule has 1 aliphatic heterocycles. The minimum Gasteiger partial charge on any atom is -0.348 e. The van der Waals surface area contributed by atoms with Gasteiger partial charge in [-0.1, -0.05) is 12.1 Å². The number of rotatable bonds is 4. The molecule has 8 heteroatoms. The van der Waals surface area contributed by atoms with Crippen LogP contribution in [0.2, 0.25) is 0 Å². The maximum Gasteiger partial charge on any atom is 0.238 e. The average molecular weight is 433 g/mol. The van der Waals surface area contributed by atoms with Crippen LogP contribution in [0.25, 0.3) is 21.0 Å². The van der Waals surface area contributed by atoms with Crippen molar-refractivity contribution in [2.24, 2.45) is 0 Å². The van der Waals surface area contributed by atoms with Crippen LogP contribution in [0.1, 0.15) is 13.8 Å². The number of hydrogen-bond donors (Lipinski definition) is 1. The summed E-state index contributed by atoms with van der Waals surface area (Å²) in [4.78, 5) is 31.6.